The average molecular weight is 504 g/mol. The Hall–Kier alpha value is -4.30. The van der Waals surface area contributed by atoms with Crippen molar-refractivity contribution in [3.05, 3.63) is 0 Å². The van der Waals surface area contributed by atoms with Gasteiger partial charge in [0.15, 0.2) is 0 Å². The van der Waals surface area contributed by atoms with E-state index in [0.29, 0.717) is 12.8 Å². The fourth-order valence-corrected chi connectivity index (χ4v) is 2.22. The van der Waals surface area contributed by atoms with Crippen LogP contribution in [0.1, 0.15) is 77.0 Å². The second-order valence-electron chi connectivity index (χ2n) is 7.07. The molecule has 0 fully saturated rings. The van der Waals surface area contributed by atoms with E-state index >= 15 is 0 Å². The summed E-state index contributed by atoms with van der Waals surface area (Å²) in [7, 11) is 0. The van der Waals surface area contributed by atoms with Crippen LogP contribution >= 0.6 is 0 Å². The van der Waals surface area contributed by atoms with Crippen LogP contribution in [-0.2, 0) is 38.2 Å². The van der Waals surface area contributed by atoms with E-state index in [9.17, 15) is 28.8 Å². The molecule has 1 atom stereocenters. The molecule has 0 spiro atoms. The molecule has 194 valence electrons. The lowest BCUT2D eigenvalue weighted by Gasteiger charge is -2.10. The molecule has 0 aliphatic rings. The van der Waals surface area contributed by atoms with Crippen LogP contribution in [0.5, 0.6) is 0 Å². The molecular formula is C25H28O11. The van der Waals surface area contributed by atoms with E-state index < -0.39 is 41.9 Å². The largest absolute Gasteiger partial charge is 0.481 e. The maximum atomic E-state index is 11.8. The van der Waals surface area contributed by atoms with Crippen LogP contribution in [0, 0.1) is 35.5 Å². The molecule has 0 rings (SSSR count). The third-order valence-electron chi connectivity index (χ3n) is 3.96. The van der Waals surface area contributed by atoms with E-state index in [-0.39, 0.29) is 64.2 Å². The van der Waals surface area contributed by atoms with E-state index in [1.807, 2.05) is 0 Å². The first-order valence-electron chi connectivity index (χ1n) is 11.1. The topological polar surface area (TPSA) is 182 Å². The van der Waals surface area contributed by atoms with Crippen molar-refractivity contribution in [3.63, 3.8) is 0 Å². The van der Waals surface area contributed by atoms with E-state index in [4.69, 9.17) is 20.1 Å². The predicted molar refractivity (Wildman–Crippen MR) is 123 cm³/mol. The number of hydrogen-bond acceptors (Lipinski definition) is 8. The van der Waals surface area contributed by atoms with Gasteiger partial charge in [-0.05, 0) is 6.42 Å². The van der Waals surface area contributed by atoms with Crippen LogP contribution in [-0.4, -0.2) is 57.2 Å². The maximum absolute atomic E-state index is 11.8. The number of carboxylic acids is 3. The molecular weight excluding hydrogens is 476 g/mol. The zero-order valence-electron chi connectivity index (χ0n) is 19.7. The number of unbranched alkanes of at least 4 members (excludes halogenated alkanes) is 1. The number of rotatable bonds is 14. The Morgan fingerprint density at radius 3 is 1.53 bits per heavy atom. The number of esters is 3. The highest BCUT2D eigenvalue weighted by Gasteiger charge is 2.20. The van der Waals surface area contributed by atoms with Gasteiger partial charge < -0.3 is 24.8 Å². The van der Waals surface area contributed by atoms with Crippen molar-refractivity contribution in [2.75, 3.05) is 0 Å². The number of hydrogen-bond donors (Lipinski definition) is 3. The molecule has 0 heterocycles. The van der Waals surface area contributed by atoms with Gasteiger partial charge in [0, 0.05) is 38.5 Å². The smallest absolute Gasteiger partial charge is 0.346 e. The van der Waals surface area contributed by atoms with E-state index in [2.05, 4.69) is 40.3 Å². The summed E-state index contributed by atoms with van der Waals surface area (Å²) in [5.41, 5.74) is 0. The summed E-state index contributed by atoms with van der Waals surface area (Å²) in [6, 6.07) is 0. The van der Waals surface area contributed by atoms with Crippen LogP contribution in [0.3, 0.4) is 0 Å². The summed E-state index contributed by atoms with van der Waals surface area (Å²) >= 11 is 0. The van der Waals surface area contributed by atoms with Crippen molar-refractivity contribution in [1.82, 2.24) is 0 Å². The molecule has 0 aromatic heterocycles. The van der Waals surface area contributed by atoms with Gasteiger partial charge >= 0.3 is 35.8 Å². The Balaban J connectivity index is 4.05. The Labute approximate surface area is 208 Å². The first kappa shape index (κ1) is 31.7. The van der Waals surface area contributed by atoms with Crippen molar-refractivity contribution < 1.29 is 53.6 Å². The zero-order valence-corrected chi connectivity index (χ0v) is 19.7. The molecule has 11 nitrogen and oxygen atoms in total. The molecule has 3 N–H and O–H groups in total. The number of ether oxygens (including phenoxy) is 2. The SMILES string of the molecule is O=C(O)CCC#CCCC(=O)OC(=O)CCCC#CCCC(=O)OC(CC#CCCC(=O)O)C(=O)O. The van der Waals surface area contributed by atoms with Crippen LogP contribution in [0.15, 0.2) is 0 Å². The minimum Gasteiger partial charge on any atom is -0.481 e. The molecule has 1 unspecified atom stereocenters. The summed E-state index contributed by atoms with van der Waals surface area (Å²) in [6.07, 6.45) is -1.05. The van der Waals surface area contributed by atoms with Crippen LogP contribution < -0.4 is 0 Å². The van der Waals surface area contributed by atoms with E-state index in [1.165, 1.54) is 0 Å². The third kappa shape index (κ3) is 20.3. The highest BCUT2D eigenvalue weighted by molar-refractivity contribution is 5.85. The van der Waals surface area contributed by atoms with Crippen molar-refractivity contribution in [1.29, 1.82) is 0 Å². The van der Waals surface area contributed by atoms with Crippen LogP contribution in [0.4, 0.5) is 0 Å². The molecule has 0 amide bonds. The Morgan fingerprint density at radius 2 is 1.00 bits per heavy atom. The number of carbonyl (C=O) groups is 6. The number of carboxylic acid groups (broad SMARTS) is 3. The maximum Gasteiger partial charge on any atom is 0.346 e. The Kier molecular flexibility index (Phi) is 17.7. The van der Waals surface area contributed by atoms with Gasteiger partial charge in [0.1, 0.15) is 0 Å². The van der Waals surface area contributed by atoms with Crippen molar-refractivity contribution >= 4 is 35.8 Å². The van der Waals surface area contributed by atoms with Gasteiger partial charge in [0.05, 0.1) is 32.1 Å². The van der Waals surface area contributed by atoms with Crippen LogP contribution in [0.2, 0.25) is 0 Å². The molecule has 0 aliphatic carbocycles. The summed E-state index contributed by atoms with van der Waals surface area (Å²) in [5.74, 6) is 10.1. The first-order chi connectivity index (χ1) is 17.1. The standard InChI is InChI=1S/C25H28O11/c26-20(27)14-8-4-5-12-18-24(32)36-23(31)17-11-3-1-2-10-16-22(30)35-19(25(33)34)13-7-6-9-15-21(28)29/h19H,3,8-18H2,(H,26,27)(H,28,29)(H,33,34). The van der Waals surface area contributed by atoms with Crippen LogP contribution in [0.25, 0.3) is 0 Å². The lowest BCUT2D eigenvalue weighted by atomic mass is 10.2. The summed E-state index contributed by atoms with van der Waals surface area (Å²) < 4.78 is 9.47. The molecule has 0 saturated heterocycles. The lowest BCUT2D eigenvalue weighted by molar-refractivity contribution is -0.163. The summed E-state index contributed by atoms with van der Waals surface area (Å²) in [4.78, 5) is 66.7. The van der Waals surface area contributed by atoms with Gasteiger partial charge in [0.2, 0.25) is 6.10 Å². The molecule has 0 bridgehead atoms. The summed E-state index contributed by atoms with van der Waals surface area (Å²) in [5, 5.41) is 26.0. The normalized spacial score (nSPS) is 10.1. The molecule has 0 saturated carbocycles. The van der Waals surface area contributed by atoms with Crippen molar-refractivity contribution in [2.45, 2.75) is 83.2 Å². The zero-order chi connectivity index (χ0) is 27.2. The second kappa shape index (κ2) is 20.1. The van der Waals surface area contributed by atoms with Crippen molar-refractivity contribution in [2.24, 2.45) is 0 Å². The minimum absolute atomic E-state index is 0.0272. The van der Waals surface area contributed by atoms with Gasteiger partial charge in [-0.3, -0.25) is 24.0 Å². The quantitative estimate of drug-likeness (QED) is 0.136. The Morgan fingerprint density at radius 1 is 0.556 bits per heavy atom. The fourth-order valence-electron chi connectivity index (χ4n) is 2.22. The minimum atomic E-state index is -1.46. The van der Waals surface area contributed by atoms with Gasteiger partial charge in [-0.1, -0.05) is 5.92 Å². The molecule has 0 aromatic rings. The van der Waals surface area contributed by atoms with E-state index in [0.717, 1.165) is 0 Å². The first-order valence-corrected chi connectivity index (χ1v) is 11.1. The third-order valence-corrected chi connectivity index (χ3v) is 3.96. The summed E-state index contributed by atoms with van der Waals surface area (Å²) in [6.45, 7) is 0. The predicted octanol–water partition coefficient (Wildman–Crippen LogP) is 1.91. The highest BCUT2D eigenvalue weighted by Crippen LogP contribution is 2.04. The highest BCUT2D eigenvalue weighted by atomic mass is 16.6. The molecule has 0 radical (unpaired) electrons. The van der Waals surface area contributed by atoms with Gasteiger partial charge in [0.25, 0.3) is 0 Å². The van der Waals surface area contributed by atoms with Gasteiger partial charge in [-0.25, -0.2) is 4.79 Å². The average Bonchev–Trinajstić information content (AvgIpc) is 2.79. The molecule has 0 aromatic carbocycles. The van der Waals surface area contributed by atoms with Gasteiger partial charge in [-0.15, -0.1) is 29.6 Å². The van der Waals surface area contributed by atoms with Crippen molar-refractivity contribution in [3.8, 4) is 35.5 Å². The number of carbonyl (C=O) groups excluding carboxylic acids is 3. The second-order valence-corrected chi connectivity index (χ2v) is 7.07. The monoisotopic (exact) mass is 504 g/mol. The lowest BCUT2D eigenvalue weighted by Crippen LogP contribution is -2.26. The van der Waals surface area contributed by atoms with Gasteiger partial charge in [-0.2, -0.15) is 0 Å². The number of aliphatic carboxylic acids is 3. The molecule has 11 heteroatoms. The molecule has 0 aliphatic heterocycles. The fraction of sp³-hybridized carbons (Fsp3) is 0.520. The molecule has 36 heavy (non-hydrogen) atoms. The Bertz CT molecular complexity index is 977. The van der Waals surface area contributed by atoms with E-state index in [1.54, 1.807) is 0 Å².